The molecule has 0 aromatic heterocycles. The molecule has 21 heavy (non-hydrogen) atoms. The Bertz CT molecular complexity index is 739. The zero-order valence-corrected chi connectivity index (χ0v) is 11.6. The Morgan fingerprint density at radius 2 is 1.90 bits per heavy atom. The van der Waals surface area contributed by atoms with Crippen molar-refractivity contribution >= 4 is 17.4 Å². The first-order valence-corrected chi connectivity index (χ1v) is 7.21. The summed E-state index contributed by atoms with van der Waals surface area (Å²) in [6.07, 6.45) is 1.97. The summed E-state index contributed by atoms with van der Waals surface area (Å²) in [5.74, 6) is 0.277. The molecule has 2 atom stereocenters. The lowest BCUT2D eigenvalue weighted by atomic mass is 9.88. The van der Waals surface area contributed by atoms with E-state index in [0.717, 1.165) is 29.8 Å². The molecule has 1 heterocycles. The average Bonchev–Trinajstić information content (AvgIpc) is 2.90. The number of nitrogen functional groups attached to an aromatic ring is 1. The number of benzene rings is 2. The van der Waals surface area contributed by atoms with Gasteiger partial charge in [-0.2, -0.15) is 4.99 Å². The van der Waals surface area contributed by atoms with E-state index in [4.69, 9.17) is 16.2 Å². The number of anilines is 1. The number of aliphatic imine (C=N–C) groups is 1. The van der Waals surface area contributed by atoms with Gasteiger partial charge in [-0.1, -0.05) is 30.3 Å². The minimum absolute atomic E-state index is 0.151. The summed E-state index contributed by atoms with van der Waals surface area (Å²) in [5.41, 5.74) is 17.3. The van der Waals surface area contributed by atoms with Crippen molar-refractivity contribution in [1.82, 2.24) is 0 Å². The van der Waals surface area contributed by atoms with Gasteiger partial charge in [-0.3, -0.25) is 0 Å². The molecular weight excluding hydrogens is 262 g/mol. The number of nitrogens with two attached hydrogens (primary N) is 2. The van der Waals surface area contributed by atoms with Gasteiger partial charge in [0.05, 0.1) is 5.69 Å². The number of aryl methyl sites for hydroxylation is 1. The Morgan fingerprint density at radius 3 is 2.81 bits per heavy atom. The van der Waals surface area contributed by atoms with Crippen molar-refractivity contribution in [3.05, 3.63) is 59.2 Å². The van der Waals surface area contributed by atoms with Gasteiger partial charge >= 0.3 is 0 Å². The lowest BCUT2D eigenvalue weighted by molar-refractivity contribution is 0.152. The molecule has 4 rings (SSSR count). The van der Waals surface area contributed by atoms with Crippen LogP contribution in [0.2, 0.25) is 0 Å². The van der Waals surface area contributed by atoms with Crippen molar-refractivity contribution in [3.63, 3.8) is 0 Å². The highest BCUT2D eigenvalue weighted by Crippen LogP contribution is 2.48. The average molecular weight is 279 g/mol. The van der Waals surface area contributed by atoms with Gasteiger partial charge in [-0.15, -0.1) is 0 Å². The Hall–Kier alpha value is -2.49. The van der Waals surface area contributed by atoms with Crippen LogP contribution in [0.5, 0.6) is 0 Å². The quantitative estimate of drug-likeness (QED) is 0.788. The zero-order chi connectivity index (χ0) is 14.4. The molecule has 0 amide bonds. The van der Waals surface area contributed by atoms with Crippen LogP contribution in [0.25, 0.3) is 0 Å². The molecule has 0 spiro atoms. The number of nitrogens with zero attached hydrogens (tertiary/aromatic N) is 1. The van der Waals surface area contributed by atoms with Crippen LogP contribution in [-0.2, 0) is 11.2 Å². The third-order valence-electron chi connectivity index (χ3n) is 4.42. The Balaban J connectivity index is 1.83. The number of rotatable bonds is 1. The summed E-state index contributed by atoms with van der Waals surface area (Å²) in [6, 6.07) is 14.5. The normalized spacial score (nSPS) is 23.0. The number of fused-ring (bicyclic) bond motifs is 2. The van der Waals surface area contributed by atoms with Gasteiger partial charge in [0.1, 0.15) is 6.10 Å². The molecule has 0 radical (unpaired) electrons. The van der Waals surface area contributed by atoms with Crippen LogP contribution < -0.4 is 11.5 Å². The molecule has 4 heteroatoms. The molecule has 0 bridgehead atoms. The zero-order valence-electron chi connectivity index (χ0n) is 11.6. The van der Waals surface area contributed by atoms with E-state index < -0.39 is 0 Å². The van der Waals surface area contributed by atoms with Crippen LogP contribution in [0, 0.1) is 0 Å². The van der Waals surface area contributed by atoms with Crippen LogP contribution in [0.15, 0.2) is 47.5 Å². The minimum Gasteiger partial charge on any atom is -0.456 e. The summed E-state index contributed by atoms with van der Waals surface area (Å²) in [4.78, 5) is 4.28. The second-order valence-corrected chi connectivity index (χ2v) is 5.61. The first-order chi connectivity index (χ1) is 10.2. The molecule has 4 N–H and O–H groups in total. The molecule has 2 aliphatic rings. The van der Waals surface area contributed by atoms with Crippen LogP contribution >= 0.6 is 0 Å². The van der Waals surface area contributed by atoms with E-state index >= 15 is 0 Å². The second-order valence-electron chi connectivity index (χ2n) is 5.61. The fourth-order valence-electron chi connectivity index (χ4n) is 3.50. The van der Waals surface area contributed by atoms with Gasteiger partial charge in [0, 0.05) is 17.2 Å². The highest BCUT2D eigenvalue weighted by Gasteiger charge is 2.36. The molecule has 2 unspecified atom stereocenters. The van der Waals surface area contributed by atoms with Crippen molar-refractivity contribution < 1.29 is 4.74 Å². The van der Waals surface area contributed by atoms with E-state index in [9.17, 15) is 0 Å². The maximum Gasteiger partial charge on any atom is 0.287 e. The Kier molecular flexibility index (Phi) is 2.64. The fraction of sp³-hybridized carbons (Fsp3) is 0.235. The van der Waals surface area contributed by atoms with E-state index in [1.807, 2.05) is 18.2 Å². The van der Waals surface area contributed by atoms with Gasteiger partial charge in [0.25, 0.3) is 6.02 Å². The molecule has 2 aromatic carbocycles. The molecular formula is C17H17N3O. The third kappa shape index (κ3) is 1.87. The monoisotopic (exact) mass is 279 g/mol. The largest absolute Gasteiger partial charge is 0.456 e. The van der Waals surface area contributed by atoms with E-state index in [-0.39, 0.29) is 18.0 Å². The Morgan fingerprint density at radius 1 is 1.05 bits per heavy atom. The van der Waals surface area contributed by atoms with Crippen LogP contribution in [0.4, 0.5) is 11.4 Å². The van der Waals surface area contributed by atoms with Crippen molar-refractivity contribution in [2.45, 2.75) is 24.9 Å². The maximum absolute atomic E-state index is 6.17. The van der Waals surface area contributed by atoms with Gasteiger partial charge < -0.3 is 16.2 Å². The predicted octanol–water partition coefficient (Wildman–Crippen LogP) is 3.02. The van der Waals surface area contributed by atoms with Gasteiger partial charge in [0.15, 0.2) is 0 Å². The van der Waals surface area contributed by atoms with Gasteiger partial charge in [0.2, 0.25) is 0 Å². The van der Waals surface area contributed by atoms with Crippen molar-refractivity contribution in [3.8, 4) is 0 Å². The molecule has 0 fully saturated rings. The van der Waals surface area contributed by atoms with Gasteiger partial charge in [-0.05, 0) is 36.1 Å². The Labute approximate surface area is 123 Å². The summed E-state index contributed by atoms with van der Waals surface area (Å²) < 4.78 is 5.88. The van der Waals surface area contributed by atoms with E-state index in [1.54, 1.807) is 0 Å². The second kappa shape index (κ2) is 4.52. The SMILES string of the molecule is NC1=Nc2cccc(N)c2C(C2CCc3ccccc32)O1. The number of ether oxygens (including phenoxy) is 1. The number of hydrogen-bond acceptors (Lipinski definition) is 4. The number of hydrogen-bond donors (Lipinski definition) is 2. The third-order valence-corrected chi connectivity index (χ3v) is 4.42. The highest BCUT2D eigenvalue weighted by atomic mass is 16.5. The summed E-state index contributed by atoms with van der Waals surface area (Å²) in [6.45, 7) is 0. The number of amidine groups is 1. The summed E-state index contributed by atoms with van der Waals surface area (Å²) in [7, 11) is 0. The molecule has 0 saturated heterocycles. The highest BCUT2D eigenvalue weighted by molar-refractivity contribution is 5.80. The molecule has 0 saturated carbocycles. The minimum atomic E-state index is -0.151. The first kappa shape index (κ1) is 12.3. The maximum atomic E-state index is 6.17. The first-order valence-electron chi connectivity index (χ1n) is 7.21. The summed E-state index contributed by atoms with van der Waals surface area (Å²) >= 11 is 0. The van der Waals surface area contributed by atoms with E-state index in [0.29, 0.717) is 0 Å². The van der Waals surface area contributed by atoms with E-state index in [2.05, 4.69) is 29.3 Å². The van der Waals surface area contributed by atoms with E-state index in [1.165, 1.54) is 11.1 Å². The molecule has 1 aliphatic carbocycles. The smallest absolute Gasteiger partial charge is 0.287 e. The lowest BCUT2D eigenvalue weighted by Crippen LogP contribution is -2.26. The fourth-order valence-corrected chi connectivity index (χ4v) is 3.50. The molecule has 2 aromatic rings. The topological polar surface area (TPSA) is 73.6 Å². The van der Waals surface area contributed by atoms with Crippen LogP contribution in [0.1, 0.15) is 35.1 Å². The van der Waals surface area contributed by atoms with Gasteiger partial charge in [-0.25, -0.2) is 0 Å². The van der Waals surface area contributed by atoms with Crippen LogP contribution in [-0.4, -0.2) is 6.02 Å². The molecule has 106 valence electrons. The predicted molar refractivity (Wildman–Crippen MR) is 83.5 cm³/mol. The molecule has 1 aliphatic heterocycles. The lowest BCUT2D eigenvalue weighted by Gasteiger charge is -2.30. The van der Waals surface area contributed by atoms with Crippen molar-refractivity contribution in [2.75, 3.05) is 5.73 Å². The summed E-state index contributed by atoms with van der Waals surface area (Å²) in [5, 5.41) is 0. The van der Waals surface area contributed by atoms with Crippen molar-refractivity contribution in [1.29, 1.82) is 0 Å². The van der Waals surface area contributed by atoms with Crippen molar-refractivity contribution in [2.24, 2.45) is 10.7 Å². The standard InChI is InChI=1S/C17H17N3O/c18-13-6-3-7-14-15(13)16(21-17(19)20-14)12-9-8-10-4-1-2-5-11(10)12/h1-7,12,16H,8-9,18H2,(H2,19,20). The molecule has 4 nitrogen and oxygen atoms in total. The van der Waals surface area contributed by atoms with Crippen LogP contribution in [0.3, 0.4) is 0 Å².